The predicted octanol–water partition coefficient (Wildman–Crippen LogP) is 8.63. The average Bonchev–Trinajstić information content (AvgIpc) is 2.94. The summed E-state index contributed by atoms with van der Waals surface area (Å²) in [7, 11) is 0. The summed E-state index contributed by atoms with van der Waals surface area (Å²) in [4.78, 5) is 16.2. The third-order valence-electron chi connectivity index (χ3n) is 6.64. The SMILES string of the molecule is CC(C)c1cc(-c2ccnc(-c3cccc(N(c4ccccc4)c4ccccn4)c3)n2)c(O)c(C(C)C)c1. The zero-order chi connectivity index (χ0) is 26.6. The van der Waals surface area contributed by atoms with Crippen molar-refractivity contribution in [1.82, 2.24) is 15.0 Å². The van der Waals surface area contributed by atoms with Crippen molar-refractivity contribution in [2.24, 2.45) is 0 Å². The molecule has 5 aromatic rings. The second-order valence-corrected chi connectivity index (χ2v) is 9.99. The molecule has 190 valence electrons. The summed E-state index contributed by atoms with van der Waals surface area (Å²) in [5.41, 5.74) is 6.39. The number of benzene rings is 3. The van der Waals surface area contributed by atoms with Crippen molar-refractivity contribution in [2.45, 2.75) is 39.5 Å². The molecule has 2 heterocycles. The summed E-state index contributed by atoms with van der Waals surface area (Å²) in [6, 6.07) is 30.2. The topological polar surface area (TPSA) is 62.1 Å². The van der Waals surface area contributed by atoms with Gasteiger partial charge in [0.1, 0.15) is 11.6 Å². The van der Waals surface area contributed by atoms with E-state index in [1.807, 2.05) is 60.7 Å². The highest BCUT2D eigenvalue weighted by Gasteiger charge is 2.18. The van der Waals surface area contributed by atoms with Crippen LogP contribution in [0.5, 0.6) is 5.75 Å². The molecule has 0 bridgehead atoms. The molecule has 0 amide bonds. The van der Waals surface area contributed by atoms with E-state index in [1.54, 1.807) is 12.4 Å². The van der Waals surface area contributed by atoms with E-state index in [0.717, 1.165) is 33.9 Å². The number of phenols is 1. The Hall–Kier alpha value is -4.51. The second-order valence-electron chi connectivity index (χ2n) is 9.99. The van der Waals surface area contributed by atoms with E-state index in [9.17, 15) is 5.11 Å². The highest BCUT2D eigenvalue weighted by Crippen LogP contribution is 2.39. The van der Waals surface area contributed by atoms with Crippen LogP contribution in [-0.4, -0.2) is 20.1 Å². The molecule has 0 spiro atoms. The van der Waals surface area contributed by atoms with E-state index < -0.39 is 0 Å². The molecule has 0 fully saturated rings. The molecule has 3 aromatic carbocycles. The zero-order valence-electron chi connectivity index (χ0n) is 22.2. The Morgan fingerprint density at radius 1 is 0.684 bits per heavy atom. The molecule has 0 atom stereocenters. The second kappa shape index (κ2) is 10.9. The van der Waals surface area contributed by atoms with Crippen molar-refractivity contribution in [3.8, 4) is 28.4 Å². The van der Waals surface area contributed by atoms with Crippen molar-refractivity contribution in [3.05, 3.63) is 115 Å². The summed E-state index contributed by atoms with van der Waals surface area (Å²) < 4.78 is 0. The number of aromatic nitrogens is 3. The molecular formula is C33H32N4O. The molecule has 0 unspecified atom stereocenters. The van der Waals surface area contributed by atoms with E-state index in [-0.39, 0.29) is 11.7 Å². The molecule has 5 heteroatoms. The maximum Gasteiger partial charge on any atom is 0.159 e. The monoisotopic (exact) mass is 500 g/mol. The van der Waals surface area contributed by atoms with Crippen molar-refractivity contribution in [3.63, 3.8) is 0 Å². The first kappa shape index (κ1) is 25.2. The van der Waals surface area contributed by atoms with Crippen molar-refractivity contribution >= 4 is 17.2 Å². The van der Waals surface area contributed by atoms with Gasteiger partial charge in [-0.3, -0.25) is 4.90 Å². The van der Waals surface area contributed by atoms with Crippen molar-refractivity contribution in [2.75, 3.05) is 4.90 Å². The van der Waals surface area contributed by atoms with Crippen LogP contribution in [0.15, 0.2) is 103 Å². The van der Waals surface area contributed by atoms with Gasteiger partial charge in [-0.25, -0.2) is 15.0 Å². The van der Waals surface area contributed by atoms with E-state index in [0.29, 0.717) is 17.4 Å². The van der Waals surface area contributed by atoms with Crippen LogP contribution < -0.4 is 4.90 Å². The summed E-state index contributed by atoms with van der Waals surface area (Å²) in [6.07, 6.45) is 3.56. The Morgan fingerprint density at radius 2 is 1.45 bits per heavy atom. The standard InChI is InChI=1S/C33H32N4O/c1-22(2)25-20-28(23(3)4)32(38)29(21-25)30-16-18-35-33(36-30)24-11-10-14-27(19-24)37(26-12-6-5-7-13-26)31-15-8-9-17-34-31/h5-23,38H,1-4H3. The number of aromatic hydroxyl groups is 1. The molecule has 0 aliphatic heterocycles. The fourth-order valence-corrected chi connectivity index (χ4v) is 4.56. The van der Waals surface area contributed by atoms with Crippen molar-refractivity contribution in [1.29, 1.82) is 0 Å². The molecular weight excluding hydrogens is 468 g/mol. The number of hydrogen-bond acceptors (Lipinski definition) is 5. The van der Waals surface area contributed by atoms with Gasteiger partial charge in [0.2, 0.25) is 0 Å². The minimum atomic E-state index is 0.195. The van der Waals surface area contributed by atoms with Gasteiger partial charge in [0, 0.05) is 34.9 Å². The van der Waals surface area contributed by atoms with E-state index in [1.165, 1.54) is 5.56 Å². The van der Waals surface area contributed by atoms with Crippen molar-refractivity contribution < 1.29 is 5.11 Å². The fraction of sp³-hybridized carbons (Fsp3) is 0.182. The summed E-state index contributed by atoms with van der Waals surface area (Å²) in [6.45, 7) is 8.52. The lowest BCUT2D eigenvalue weighted by molar-refractivity contribution is 0.466. The summed E-state index contributed by atoms with van der Waals surface area (Å²) in [5, 5.41) is 11.2. The van der Waals surface area contributed by atoms with Crippen LogP contribution in [-0.2, 0) is 0 Å². The molecule has 0 aliphatic rings. The minimum Gasteiger partial charge on any atom is -0.507 e. The van der Waals surface area contributed by atoms with Gasteiger partial charge in [0.05, 0.1) is 5.69 Å². The number of para-hydroxylation sites is 1. The Kier molecular flexibility index (Phi) is 7.18. The largest absolute Gasteiger partial charge is 0.507 e. The lowest BCUT2D eigenvalue weighted by atomic mass is 9.91. The molecule has 38 heavy (non-hydrogen) atoms. The minimum absolute atomic E-state index is 0.195. The van der Waals surface area contributed by atoms with E-state index in [4.69, 9.17) is 4.98 Å². The van der Waals surface area contributed by atoms with Crippen LogP contribution in [0.25, 0.3) is 22.6 Å². The van der Waals surface area contributed by atoms with Gasteiger partial charge < -0.3 is 5.11 Å². The molecule has 5 rings (SSSR count). The van der Waals surface area contributed by atoms with Crippen LogP contribution in [0.3, 0.4) is 0 Å². The first-order valence-electron chi connectivity index (χ1n) is 13.0. The van der Waals surface area contributed by atoms with Gasteiger partial charge in [0.25, 0.3) is 0 Å². The zero-order valence-corrected chi connectivity index (χ0v) is 22.2. The molecule has 0 saturated heterocycles. The molecule has 5 nitrogen and oxygen atoms in total. The number of nitrogens with zero attached hydrogens (tertiary/aromatic N) is 4. The van der Waals surface area contributed by atoms with Crippen LogP contribution in [0.2, 0.25) is 0 Å². The van der Waals surface area contributed by atoms with E-state index >= 15 is 0 Å². The Bertz CT molecular complexity index is 1490. The van der Waals surface area contributed by atoms with Crippen LogP contribution >= 0.6 is 0 Å². The maximum absolute atomic E-state index is 11.2. The Balaban J connectivity index is 1.60. The fourth-order valence-electron chi connectivity index (χ4n) is 4.56. The van der Waals surface area contributed by atoms with E-state index in [2.05, 4.69) is 72.9 Å². The Labute approximate surface area is 224 Å². The van der Waals surface area contributed by atoms with Gasteiger partial charge >= 0.3 is 0 Å². The van der Waals surface area contributed by atoms with Crippen LogP contribution in [0.1, 0.15) is 50.7 Å². The van der Waals surface area contributed by atoms with Gasteiger partial charge in [0.15, 0.2) is 5.82 Å². The molecule has 2 aromatic heterocycles. The molecule has 0 aliphatic carbocycles. The number of rotatable bonds is 7. The summed E-state index contributed by atoms with van der Waals surface area (Å²) in [5.74, 6) is 2.23. The average molecular weight is 501 g/mol. The third kappa shape index (κ3) is 5.14. The molecule has 0 saturated carbocycles. The first-order valence-corrected chi connectivity index (χ1v) is 13.0. The van der Waals surface area contributed by atoms with Crippen LogP contribution in [0.4, 0.5) is 17.2 Å². The maximum atomic E-state index is 11.2. The highest BCUT2D eigenvalue weighted by molar-refractivity contribution is 5.78. The van der Waals surface area contributed by atoms with Crippen LogP contribution in [0, 0.1) is 0 Å². The number of phenolic OH excluding ortho intramolecular Hbond substituents is 1. The highest BCUT2D eigenvalue weighted by atomic mass is 16.3. The van der Waals surface area contributed by atoms with Gasteiger partial charge in [-0.2, -0.15) is 0 Å². The quantitative estimate of drug-likeness (QED) is 0.242. The molecule has 1 N–H and O–H groups in total. The lowest BCUT2D eigenvalue weighted by Crippen LogP contribution is -2.11. The Morgan fingerprint density at radius 3 is 2.16 bits per heavy atom. The first-order chi connectivity index (χ1) is 18.4. The smallest absolute Gasteiger partial charge is 0.159 e. The number of pyridine rings is 1. The van der Waals surface area contributed by atoms with Gasteiger partial charge in [-0.15, -0.1) is 0 Å². The predicted molar refractivity (Wildman–Crippen MR) is 155 cm³/mol. The number of anilines is 3. The number of hydrogen-bond donors (Lipinski definition) is 1. The normalized spacial score (nSPS) is 11.2. The van der Waals surface area contributed by atoms with Gasteiger partial charge in [-0.1, -0.05) is 70.2 Å². The third-order valence-corrected chi connectivity index (χ3v) is 6.64. The van der Waals surface area contributed by atoms with Gasteiger partial charge in [-0.05, 0) is 71.5 Å². The summed E-state index contributed by atoms with van der Waals surface area (Å²) >= 11 is 0. The molecule has 0 radical (unpaired) electrons. The lowest BCUT2D eigenvalue weighted by Gasteiger charge is -2.24.